The Labute approximate surface area is 96.8 Å². The number of fused-ring (bicyclic) bond motifs is 1. The summed E-state index contributed by atoms with van der Waals surface area (Å²) in [6.45, 7) is 7.05. The van der Waals surface area contributed by atoms with Gasteiger partial charge in [-0.05, 0) is 37.4 Å². The third kappa shape index (κ3) is 1.68. The normalized spacial score (nSPS) is 34.4. The maximum atomic E-state index is 5.15. The molecule has 3 heteroatoms. The van der Waals surface area contributed by atoms with Gasteiger partial charge < -0.3 is 9.73 Å². The summed E-state index contributed by atoms with van der Waals surface area (Å²) in [6.07, 6.45) is 4.91. The van der Waals surface area contributed by atoms with Crippen LogP contribution in [0.1, 0.15) is 18.9 Å². The molecule has 0 amide bonds. The highest BCUT2D eigenvalue weighted by Crippen LogP contribution is 2.35. The minimum absolute atomic E-state index is 0.759. The third-order valence-corrected chi connectivity index (χ3v) is 4.21. The molecule has 0 aromatic carbocycles. The summed E-state index contributed by atoms with van der Waals surface area (Å²) >= 11 is 0. The van der Waals surface area contributed by atoms with Gasteiger partial charge in [-0.2, -0.15) is 0 Å². The summed E-state index contributed by atoms with van der Waals surface area (Å²) in [6, 6.07) is 2.84. The predicted molar refractivity (Wildman–Crippen MR) is 63.0 cm³/mol. The predicted octanol–water partition coefficient (Wildman–Crippen LogP) is 1.71. The van der Waals surface area contributed by atoms with Crippen LogP contribution in [0.2, 0.25) is 0 Å². The molecule has 88 valence electrons. The molecule has 0 bridgehead atoms. The highest BCUT2D eigenvalue weighted by molar-refractivity contribution is 5.07. The highest BCUT2D eigenvalue weighted by Gasteiger charge is 2.42. The SMILES string of the molecule is CCC1C2CNCC2CN1Cc1ccoc1. The summed E-state index contributed by atoms with van der Waals surface area (Å²) in [7, 11) is 0. The Kier molecular flexibility index (Phi) is 2.74. The Morgan fingerprint density at radius 3 is 3.19 bits per heavy atom. The van der Waals surface area contributed by atoms with Gasteiger partial charge in [-0.3, -0.25) is 4.90 Å². The molecule has 2 saturated heterocycles. The van der Waals surface area contributed by atoms with E-state index >= 15 is 0 Å². The molecule has 3 atom stereocenters. The summed E-state index contributed by atoms with van der Waals surface area (Å²) in [4.78, 5) is 2.64. The van der Waals surface area contributed by atoms with Crippen LogP contribution in [-0.2, 0) is 6.54 Å². The van der Waals surface area contributed by atoms with Crippen molar-refractivity contribution < 1.29 is 4.42 Å². The molecule has 3 unspecified atom stereocenters. The summed E-state index contributed by atoms with van der Waals surface area (Å²) in [5.41, 5.74) is 1.31. The van der Waals surface area contributed by atoms with Gasteiger partial charge in [0.05, 0.1) is 12.5 Å². The second-order valence-corrected chi connectivity index (χ2v) is 5.12. The van der Waals surface area contributed by atoms with Crippen LogP contribution in [0.4, 0.5) is 0 Å². The molecule has 1 aromatic rings. The molecular formula is C13H20N2O. The second kappa shape index (κ2) is 4.22. The van der Waals surface area contributed by atoms with Crippen molar-refractivity contribution in [2.75, 3.05) is 19.6 Å². The Hall–Kier alpha value is -0.800. The van der Waals surface area contributed by atoms with E-state index in [1.165, 1.54) is 31.6 Å². The van der Waals surface area contributed by atoms with Gasteiger partial charge in [-0.1, -0.05) is 6.92 Å². The lowest BCUT2D eigenvalue weighted by Gasteiger charge is -2.26. The van der Waals surface area contributed by atoms with E-state index in [9.17, 15) is 0 Å². The maximum absolute atomic E-state index is 5.15. The largest absolute Gasteiger partial charge is 0.472 e. The van der Waals surface area contributed by atoms with Crippen molar-refractivity contribution >= 4 is 0 Å². The molecule has 1 N–H and O–H groups in total. The first kappa shape index (κ1) is 10.4. The summed E-state index contributed by atoms with van der Waals surface area (Å²) in [5, 5.41) is 3.52. The number of hydrogen-bond acceptors (Lipinski definition) is 3. The van der Waals surface area contributed by atoms with Crippen molar-refractivity contribution in [3.63, 3.8) is 0 Å². The molecule has 3 nitrogen and oxygen atoms in total. The van der Waals surface area contributed by atoms with E-state index in [-0.39, 0.29) is 0 Å². The third-order valence-electron chi connectivity index (χ3n) is 4.21. The second-order valence-electron chi connectivity index (χ2n) is 5.12. The summed E-state index contributed by atoms with van der Waals surface area (Å²) < 4.78 is 5.15. The van der Waals surface area contributed by atoms with Crippen molar-refractivity contribution in [2.45, 2.75) is 25.9 Å². The molecule has 2 fully saturated rings. The van der Waals surface area contributed by atoms with E-state index in [2.05, 4.69) is 23.2 Å². The molecule has 16 heavy (non-hydrogen) atoms. The Morgan fingerprint density at radius 2 is 2.44 bits per heavy atom. The molecule has 2 aliphatic heterocycles. The standard InChI is InChI=1S/C13H20N2O/c1-2-13-12-6-14-5-11(12)8-15(13)7-10-3-4-16-9-10/h3-4,9,11-14H,2,5-8H2,1H3. The molecule has 0 radical (unpaired) electrons. The topological polar surface area (TPSA) is 28.4 Å². The zero-order chi connectivity index (χ0) is 11.0. The van der Waals surface area contributed by atoms with Gasteiger partial charge in [0.1, 0.15) is 0 Å². The van der Waals surface area contributed by atoms with Crippen LogP contribution in [0.5, 0.6) is 0 Å². The van der Waals surface area contributed by atoms with E-state index in [1.807, 2.05) is 6.26 Å². The average molecular weight is 220 g/mol. The van der Waals surface area contributed by atoms with E-state index in [0.717, 1.165) is 24.4 Å². The zero-order valence-corrected chi connectivity index (χ0v) is 9.86. The Morgan fingerprint density at radius 1 is 1.50 bits per heavy atom. The fraction of sp³-hybridized carbons (Fsp3) is 0.692. The highest BCUT2D eigenvalue weighted by atomic mass is 16.3. The number of rotatable bonds is 3. The van der Waals surface area contributed by atoms with Crippen LogP contribution in [0.25, 0.3) is 0 Å². The maximum Gasteiger partial charge on any atom is 0.0947 e. The first-order valence-corrected chi connectivity index (χ1v) is 6.34. The van der Waals surface area contributed by atoms with Crippen LogP contribution in [0.3, 0.4) is 0 Å². The minimum Gasteiger partial charge on any atom is -0.472 e. The van der Waals surface area contributed by atoms with Crippen molar-refractivity contribution in [3.05, 3.63) is 24.2 Å². The summed E-state index contributed by atoms with van der Waals surface area (Å²) in [5.74, 6) is 1.74. The van der Waals surface area contributed by atoms with Crippen LogP contribution in [0, 0.1) is 11.8 Å². The van der Waals surface area contributed by atoms with Gasteiger partial charge in [0, 0.05) is 24.7 Å². The quantitative estimate of drug-likeness (QED) is 0.840. The van der Waals surface area contributed by atoms with Crippen molar-refractivity contribution in [2.24, 2.45) is 11.8 Å². The van der Waals surface area contributed by atoms with Crippen molar-refractivity contribution in [3.8, 4) is 0 Å². The van der Waals surface area contributed by atoms with E-state index in [1.54, 1.807) is 6.26 Å². The smallest absolute Gasteiger partial charge is 0.0947 e. The van der Waals surface area contributed by atoms with E-state index < -0.39 is 0 Å². The van der Waals surface area contributed by atoms with Gasteiger partial charge in [0.2, 0.25) is 0 Å². The van der Waals surface area contributed by atoms with Crippen LogP contribution in [0.15, 0.2) is 23.0 Å². The molecular weight excluding hydrogens is 200 g/mol. The first-order chi connectivity index (χ1) is 7.88. The van der Waals surface area contributed by atoms with E-state index in [4.69, 9.17) is 4.42 Å². The lowest BCUT2D eigenvalue weighted by molar-refractivity contribution is 0.210. The number of nitrogens with zero attached hydrogens (tertiary/aromatic N) is 1. The fourth-order valence-electron chi connectivity index (χ4n) is 3.47. The number of hydrogen-bond donors (Lipinski definition) is 1. The molecule has 2 aliphatic rings. The van der Waals surface area contributed by atoms with E-state index in [0.29, 0.717) is 0 Å². The van der Waals surface area contributed by atoms with Crippen molar-refractivity contribution in [1.29, 1.82) is 0 Å². The monoisotopic (exact) mass is 220 g/mol. The van der Waals surface area contributed by atoms with Gasteiger partial charge in [-0.25, -0.2) is 0 Å². The lowest BCUT2D eigenvalue weighted by Crippen LogP contribution is -2.34. The Balaban J connectivity index is 1.71. The zero-order valence-electron chi connectivity index (χ0n) is 9.86. The minimum atomic E-state index is 0.759. The average Bonchev–Trinajstić information content (AvgIpc) is 2.93. The Bertz CT molecular complexity index is 336. The van der Waals surface area contributed by atoms with Gasteiger partial charge in [0.25, 0.3) is 0 Å². The lowest BCUT2D eigenvalue weighted by atomic mass is 9.93. The number of furan rings is 1. The molecule has 3 heterocycles. The van der Waals surface area contributed by atoms with Crippen molar-refractivity contribution in [1.82, 2.24) is 10.2 Å². The molecule has 0 saturated carbocycles. The van der Waals surface area contributed by atoms with Gasteiger partial charge in [0.15, 0.2) is 0 Å². The fourth-order valence-corrected chi connectivity index (χ4v) is 3.47. The first-order valence-electron chi connectivity index (χ1n) is 6.34. The van der Waals surface area contributed by atoms with Crippen LogP contribution >= 0.6 is 0 Å². The van der Waals surface area contributed by atoms with Crippen LogP contribution in [-0.4, -0.2) is 30.6 Å². The number of likely N-dealkylation sites (tertiary alicyclic amines) is 1. The van der Waals surface area contributed by atoms with Gasteiger partial charge in [-0.15, -0.1) is 0 Å². The van der Waals surface area contributed by atoms with Gasteiger partial charge >= 0.3 is 0 Å². The molecule has 0 spiro atoms. The number of nitrogens with one attached hydrogen (secondary N) is 1. The molecule has 0 aliphatic carbocycles. The molecule has 1 aromatic heterocycles. The van der Waals surface area contributed by atoms with Crippen LogP contribution < -0.4 is 5.32 Å². The molecule has 3 rings (SSSR count).